The Morgan fingerprint density at radius 1 is 1.38 bits per heavy atom. The van der Waals surface area contributed by atoms with E-state index < -0.39 is 4.92 Å². The molecule has 0 unspecified atom stereocenters. The van der Waals surface area contributed by atoms with Crippen LogP contribution >= 0.6 is 23.2 Å². The number of aromatic nitrogens is 2. The fraction of sp³-hybridized carbons (Fsp3) is 0.250. The molecule has 2 heterocycles. The van der Waals surface area contributed by atoms with E-state index >= 15 is 0 Å². The maximum absolute atomic E-state index is 12.3. The van der Waals surface area contributed by atoms with Crippen molar-refractivity contribution in [2.45, 2.75) is 6.42 Å². The molecule has 136 valence electrons. The standard InChI is InChI=1S/C16H15Cl2N5O3/c17-12-7-11(23(25)26)8-13(18)15(12)22-6-3-14(21-22)16(24)20-9-10-1-4-19-5-2-10/h1,3,6-8,19H,2,4-5,9H2,(H,20,24). The summed E-state index contributed by atoms with van der Waals surface area (Å²) in [6.07, 6.45) is 4.47. The summed E-state index contributed by atoms with van der Waals surface area (Å²) in [6, 6.07) is 3.90. The van der Waals surface area contributed by atoms with Gasteiger partial charge in [0.25, 0.3) is 11.6 Å². The van der Waals surface area contributed by atoms with Crippen LogP contribution in [0.5, 0.6) is 0 Å². The Hall–Kier alpha value is -2.42. The maximum Gasteiger partial charge on any atom is 0.272 e. The van der Waals surface area contributed by atoms with Crippen LogP contribution in [0.1, 0.15) is 16.9 Å². The van der Waals surface area contributed by atoms with E-state index in [0.29, 0.717) is 6.54 Å². The van der Waals surface area contributed by atoms with E-state index in [1.165, 1.54) is 29.1 Å². The molecule has 10 heteroatoms. The number of halogens is 2. The number of carbonyl (C=O) groups excluding carboxylic acids is 1. The highest BCUT2D eigenvalue weighted by molar-refractivity contribution is 6.38. The van der Waals surface area contributed by atoms with Gasteiger partial charge in [0.1, 0.15) is 5.69 Å². The zero-order chi connectivity index (χ0) is 18.7. The summed E-state index contributed by atoms with van der Waals surface area (Å²) < 4.78 is 1.33. The lowest BCUT2D eigenvalue weighted by molar-refractivity contribution is -0.384. The number of benzene rings is 1. The van der Waals surface area contributed by atoms with Crippen LogP contribution in [0.2, 0.25) is 10.0 Å². The molecule has 1 aliphatic rings. The van der Waals surface area contributed by atoms with E-state index in [9.17, 15) is 14.9 Å². The van der Waals surface area contributed by atoms with Gasteiger partial charge in [-0.3, -0.25) is 14.9 Å². The molecule has 1 aromatic heterocycles. The number of hydrogen-bond donors (Lipinski definition) is 2. The smallest absolute Gasteiger partial charge is 0.272 e. The average molecular weight is 396 g/mol. The molecule has 2 aromatic rings. The molecule has 8 nitrogen and oxygen atoms in total. The predicted octanol–water partition coefficient (Wildman–Crippen LogP) is 2.74. The maximum atomic E-state index is 12.3. The molecule has 0 saturated heterocycles. The summed E-state index contributed by atoms with van der Waals surface area (Å²) in [5.41, 5.74) is 1.42. The molecule has 2 N–H and O–H groups in total. The molecule has 0 bridgehead atoms. The summed E-state index contributed by atoms with van der Waals surface area (Å²) in [5, 5.41) is 21.2. The second-order valence-electron chi connectivity index (χ2n) is 5.66. The van der Waals surface area contributed by atoms with E-state index in [-0.39, 0.29) is 33.0 Å². The third-order valence-corrected chi connectivity index (χ3v) is 4.47. The second kappa shape index (κ2) is 7.86. The molecule has 0 atom stereocenters. The van der Waals surface area contributed by atoms with E-state index in [0.717, 1.165) is 25.1 Å². The van der Waals surface area contributed by atoms with E-state index in [1.54, 1.807) is 0 Å². The van der Waals surface area contributed by atoms with Crippen molar-refractivity contribution in [3.63, 3.8) is 0 Å². The number of nitro benzene ring substituents is 1. The lowest BCUT2D eigenvalue weighted by Gasteiger charge is -2.14. The van der Waals surface area contributed by atoms with Crippen LogP contribution in [0.15, 0.2) is 36.0 Å². The van der Waals surface area contributed by atoms with Crippen LogP contribution in [0, 0.1) is 10.1 Å². The predicted molar refractivity (Wildman–Crippen MR) is 98.1 cm³/mol. The van der Waals surface area contributed by atoms with Crippen molar-refractivity contribution in [1.82, 2.24) is 20.4 Å². The van der Waals surface area contributed by atoms with Gasteiger partial charge in [0, 0.05) is 31.4 Å². The highest BCUT2D eigenvalue weighted by atomic mass is 35.5. The third kappa shape index (κ3) is 4.04. The Balaban J connectivity index is 1.76. The Bertz CT molecular complexity index is 871. The number of nitrogens with one attached hydrogen (secondary N) is 2. The highest BCUT2D eigenvalue weighted by Gasteiger charge is 2.18. The number of nitrogens with zero attached hydrogens (tertiary/aromatic N) is 3. The van der Waals surface area contributed by atoms with Gasteiger partial charge in [-0.15, -0.1) is 0 Å². The lowest BCUT2D eigenvalue weighted by atomic mass is 10.1. The number of amides is 1. The molecule has 0 aliphatic carbocycles. The van der Waals surface area contributed by atoms with Crippen LogP contribution in [0.4, 0.5) is 5.69 Å². The minimum absolute atomic E-state index is 0.0686. The topological polar surface area (TPSA) is 102 Å². The Morgan fingerprint density at radius 2 is 2.12 bits per heavy atom. The monoisotopic (exact) mass is 395 g/mol. The van der Waals surface area contributed by atoms with E-state index in [1.807, 2.05) is 0 Å². The van der Waals surface area contributed by atoms with Gasteiger partial charge in [0.05, 0.1) is 15.0 Å². The van der Waals surface area contributed by atoms with Gasteiger partial charge in [0.15, 0.2) is 5.69 Å². The first-order valence-electron chi connectivity index (χ1n) is 7.82. The van der Waals surface area contributed by atoms with Crippen molar-refractivity contribution in [3.05, 3.63) is 61.9 Å². The average Bonchev–Trinajstić information content (AvgIpc) is 3.09. The van der Waals surface area contributed by atoms with Gasteiger partial charge in [-0.1, -0.05) is 34.9 Å². The van der Waals surface area contributed by atoms with Crippen LogP contribution in [-0.2, 0) is 0 Å². The molecule has 0 saturated carbocycles. The summed E-state index contributed by atoms with van der Waals surface area (Å²) >= 11 is 12.2. The molecule has 3 rings (SSSR count). The number of rotatable bonds is 5. The number of hydrogen-bond acceptors (Lipinski definition) is 5. The molecule has 1 amide bonds. The van der Waals surface area contributed by atoms with Crippen LogP contribution in [0.3, 0.4) is 0 Å². The van der Waals surface area contributed by atoms with Gasteiger partial charge in [-0.25, -0.2) is 4.68 Å². The van der Waals surface area contributed by atoms with E-state index in [2.05, 4.69) is 21.8 Å². The number of carbonyl (C=O) groups is 1. The Morgan fingerprint density at radius 3 is 2.73 bits per heavy atom. The largest absolute Gasteiger partial charge is 0.347 e. The third-order valence-electron chi connectivity index (χ3n) is 3.90. The molecule has 1 aromatic carbocycles. The quantitative estimate of drug-likeness (QED) is 0.460. The van der Waals surface area contributed by atoms with Crippen molar-refractivity contribution >= 4 is 34.8 Å². The number of nitro groups is 1. The fourth-order valence-electron chi connectivity index (χ4n) is 2.56. The molecule has 0 fully saturated rings. The van der Waals surface area contributed by atoms with Crippen LogP contribution < -0.4 is 10.6 Å². The fourth-order valence-corrected chi connectivity index (χ4v) is 3.21. The van der Waals surface area contributed by atoms with E-state index in [4.69, 9.17) is 23.2 Å². The van der Waals surface area contributed by atoms with Gasteiger partial charge in [-0.2, -0.15) is 5.10 Å². The second-order valence-corrected chi connectivity index (χ2v) is 6.47. The summed E-state index contributed by atoms with van der Waals surface area (Å²) in [4.78, 5) is 22.5. The Kier molecular flexibility index (Phi) is 5.55. The van der Waals surface area contributed by atoms with Crippen LogP contribution in [0.25, 0.3) is 5.69 Å². The Labute approximate surface area is 158 Å². The normalized spacial score (nSPS) is 14.0. The van der Waals surface area contributed by atoms with Crippen molar-refractivity contribution in [2.75, 3.05) is 19.6 Å². The SMILES string of the molecule is O=C(NCC1=CCNCC1)c1ccn(-c2c(Cl)cc([N+](=O)[O-])cc2Cl)n1. The van der Waals surface area contributed by atoms with Gasteiger partial charge in [0.2, 0.25) is 0 Å². The van der Waals surface area contributed by atoms with Gasteiger partial charge >= 0.3 is 0 Å². The van der Waals surface area contributed by atoms with Gasteiger partial charge < -0.3 is 10.6 Å². The minimum Gasteiger partial charge on any atom is -0.347 e. The minimum atomic E-state index is -0.584. The zero-order valence-electron chi connectivity index (χ0n) is 13.5. The zero-order valence-corrected chi connectivity index (χ0v) is 15.0. The van der Waals surface area contributed by atoms with Gasteiger partial charge in [-0.05, 0) is 19.0 Å². The summed E-state index contributed by atoms with van der Waals surface area (Å²) in [5.74, 6) is -0.322. The van der Waals surface area contributed by atoms with Crippen molar-refractivity contribution in [2.24, 2.45) is 0 Å². The molecular formula is C16H15Cl2N5O3. The lowest BCUT2D eigenvalue weighted by Crippen LogP contribution is -2.29. The van der Waals surface area contributed by atoms with Crippen molar-refractivity contribution in [1.29, 1.82) is 0 Å². The summed E-state index contributed by atoms with van der Waals surface area (Å²) in [7, 11) is 0. The summed E-state index contributed by atoms with van der Waals surface area (Å²) in [6.45, 7) is 2.16. The first-order valence-corrected chi connectivity index (χ1v) is 8.57. The molecular weight excluding hydrogens is 381 g/mol. The first kappa shape index (κ1) is 18.4. The highest BCUT2D eigenvalue weighted by Crippen LogP contribution is 2.32. The molecule has 0 radical (unpaired) electrons. The van der Waals surface area contributed by atoms with Crippen molar-refractivity contribution in [3.8, 4) is 5.69 Å². The van der Waals surface area contributed by atoms with Crippen molar-refractivity contribution < 1.29 is 9.72 Å². The molecule has 0 spiro atoms. The molecule has 26 heavy (non-hydrogen) atoms. The first-order chi connectivity index (χ1) is 12.5. The number of non-ortho nitro benzene ring substituents is 1. The van der Waals surface area contributed by atoms with Crippen LogP contribution in [-0.4, -0.2) is 40.2 Å². The molecule has 1 aliphatic heterocycles.